The number of piperidine rings is 1. The number of rotatable bonds is 4. The lowest BCUT2D eigenvalue weighted by Gasteiger charge is -2.44. The molecule has 0 aromatic heterocycles. The van der Waals surface area contributed by atoms with Crippen molar-refractivity contribution in [3.05, 3.63) is 12.2 Å². The van der Waals surface area contributed by atoms with Gasteiger partial charge >= 0.3 is 0 Å². The van der Waals surface area contributed by atoms with Gasteiger partial charge in [0.25, 0.3) is 0 Å². The van der Waals surface area contributed by atoms with Crippen LogP contribution in [0.15, 0.2) is 12.2 Å². The highest BCUT2D eigenvalue weighted by Gasteiger charge is 2.32. The van der Waals surface area contributed by atoms with Crippen molar-refractivity contribution in [2.24, 2.45) is 5.92 Å². The molecule has 2 rings (SSSR count). The van der Waals surface area contributed by atoms with E-state index in [9.17, 15) is 0 Å². The zero-order chi connectivity index (χ0) is 11.4. The van der Waals surface area contributed by atoms with E-state index in [4.69, 9.17) is 0 Å². The molecule has 1 aliphatic carbocycles. The highest BCUT2D eigenvalue weighted by Crippen LogP contribution is 2.35. The Balaban J connectivity index is 1.89. The summed E-state index contributed by atoms with van der Waals surface area (Å²) in [7, 11) is 2.00. The molecule has 0 spiro atoms. The van der Waals surface area contributed by atoms with Crippen molar-refractivity contribution in [1.29, 1.82) is 0 Å². The minimum atomic E-state index is 0.871. The number of hydrogen-bond acceptors (Lipinski definition) is 2. The Kier molecular flexibility index (Phi) is 4.42. The molecule has 0 radical (unpaired) electrons. The SMILES string of the molecule is C=C(CNC)CN1CCC[C@H]2CCCC[C@H]21. The zero-order valence-electron chi connectivity index (χ0n) is 10.7. The van der Waals surface area contributed by atoms with E-state index in [0.29, 0.717) is 0 Å². The van der Waals surface area contributed by atoms with E-state index < -0.39 is 0 Å². The number of fused-ring (bicyclic) bond motifs is 1. The lowest BCUT2D eigenvalue weighted by atomic mass is 9.78. The van der Waals surface area contributed by atoms with Crippen molar-refractivity contribution < 1.29 is 0 Å². The minimum absolute atomic E-state index is 0.871. The van der Waals surface area contributed by atoms with E-state index in [1.54, 1.807) is 0 Å². The van der Waals surface area contributed by atoms with Gasteiger partial charge < -0.3 is 5.32 Å². The summed E-state index contributed by atoms with van der Waals surface area (Å²) in [6.45, 7) is 7.55. The lowest BCUT2D eigenvalue weighted by Crippen LogP contribution is -2.47. The summed E-state index contributed by atoms with van der Waals surface area (Å²) in [5, 5.41) is 3.20. The topological polar surface area (TPSA) is 15.3 Å². The Hall–Kier alpha value is -0.340. The summed E-state index contributed by atoms with van der Waals surface area (Å²) >= 11 is 0. The third kappa shape index (κ3) is 2.86. The predicted molar refractivity (Wildman–Crippen MR) is 69.6 cm³/mol. The van der Waals surface area contributed by atoms with Crippen LogP contribution >= 0.6 is 0 Å². The van der Waals surface area contributed by atoms with Crippen LogP contribution in [0.1, 0.15) is 38.5 Å². The molecular formula is C14H26N2. The van der Waals surface area contributed by atoms with Gasteiger partial charge in [0.05, 0.1) is 0 Å². The van der Waals surface area contributed by atoms with Crippen LogP contribution in [0.4, 0.5) is 0 Å². The fourth-order valence-electron chi connectivity index (χ4n) is 3.52. The summed E-state index contributed by atoms with van der Waals surface area (Å²) in [6.07, 6.45) is 8.67. The van der Waals surface area contributed by atoms with Crippen LogP contribution in [-0.4, -0.2) is 37.6 Å². The van der Waals surface area contributed by atoms with Crippen molar-refractivity contribution in [3.8, 4) is 0 Å². The zero-order valence-corrected chi connectivity index (χ0v) is 10.7. The normalized spacial score (nSPS) is 31.1. The summed E-state index contributed by atoms with van der Waals surface area (Å²) in [5.41, 5.74) is 1.34. The molecule has 2 atom stereocenters. The molecule has 1 heterocycles. The van der Waals surface area contributed by atoms with Gasteiger partial charge in [0.1, 0.15) is 0 Å². The smallest absolute Gasteiger partial charge is 0.0205 e. The highest BCUT2D eigenvalue weighted by atomic mass is 15.2. The monoisotopic (exact) mass is 222 g/mol. The molecule has 2 fully saturated rings. The van der Waals surface area contributed by atoms with Gasteiger partial charge in [-0.15, -0.1) is 0 Å². The number of nitrogens with one attached hydrogen (secondary N) is 1. The average molecular weight is 222 g/mol. The van der Waals surface area contributed by atoms with Gasteiger partial charge in [0.2, 0.25) is 0 Å². The fraction of sp³-hybridized carbons (Fsp3) is 0.857. The number of likely N-dealkylation sites (N-methyl/N-ethyl adjacent to an activating group) is 1. The van der Waals surface area contributed by atoms with Crippen molar-refractivity contribution in [3.63, 3.8) is 0 Å². The van der Waals surface area contributed by atoms with Gasteiger partial charge in [-0.25, -0.2) is 0 Å². The van der Waals surface area contributed by atoms with Crippen molar-refractivity contribution in [1.82, 2.24) is 10.2 Å². The van der Waals surface area contributed by atoms with Gasteiger partial charge in [0.15, 0.2) is 0 Å². The highest BCUT2D eigenvalue weighted by molar-refractivity contribution is 5.02. The quantitative estimate of drug-likeness (QED) is 0.735. The van der Waals surface area contributed by atoms with E-state index in [0.717, 1.165) is 25.0 Å². The molecule has 1 saturated carbocycles. The van der Waals surface area contributed by atoms with Crippen LogP contribution < -0.4 is 5.32 Å². The molecule has 0 aromatic carbocycles. The lowest BCUT2D eigenvalue weighted by molar-refractivity contribution is 0.0687. The maximum Gasteiger partial charge on any atom is 0.0205 e. The third-order valence-electron chi connectivity index (χ3n) is 4.21. The maximum absolute atomic E-state index is 4.17. The Morgan fingerprint density at radius 1 is 1.25 bits per heavy atom. The fourth-order valence-corrected chi connectivity index (χ4v) is 3.52. The number of nitrogens with zero attached hydrogens (tertiary/aromatic N) is 1. The maximum atomic E-state index is 4.17. The average Bonchev–Trinajstić information content (AvgIpc) is 2.30. The van der Waals surface area contributed by atoms with Crippen LogP contribution in [0.3, 0.4) is 0 Å². The van der Waals surface area contributed by atoms with Gasteiger partial charge in [-0.1, -0.05) is 19.4 Å². The van der Waals surface area contributed by atoms with Crippen LogP contribution in [0, 0.1) is 5.92 Å². The second-order valence-corrected chi connectivity index (χ2v) is 5.50. The van der Waals surface area contributed by atoms with Crippen molar-refractivity contribution in [2.75, 3.05) is 26.7 Å². The molecular weight excluding hydrogens is 196 g/mol. The molecule has 2 nitrogen and oxygen atoms in total. The summed E-state index contributed by atoms with van der Waals surface area (Å²) < 4.78 is 0. The summed E-state index contributed by atoms with van der Waals surface area (Å²) in [6, 6.07) is 0.871. The summed E-state index contributed by atoms with van der Waals surface area (Å²) in [5.74, 6) is 0.991. The molecule has 16 heavy (non-hydrogen) atoms. The molecule has 2 heteroatoms. The molecule has 0 unspecified atom stereocenters. The van der Waals surface area contributed by atoms with Gasteiger partial charge in [-0.2, -0.15) is 0 Å². The van der Waals surface area contributed by atoms with Gasteiger partial charge in [0, 0.05) is 19.1 Å². The summed E-state index contributed by atoms with van der Waals surface area (Å²) in [4.78, 5) is 2.70. The standard InChI is InChI=1S/C14H26N2/c1-12(10-15-2)11-16-9-5-7-13-6-3-4-8-14(13)16/h13-15H,1,3-11H2,2H3/t13-,14-/m1/s1. The third-order valence-corrected chi connectivity index (χ3v) is 4.21. The molecule has 1 N–H and O–H groups in total. The van der Waals surface area contributed by atoms with Gasteiger partial charge in [-0.05, 0) is 50.8 Å². The molecule has 0 amide bonds. The number of hydrogen-bond donors (Lipinski definition) is 1. The molecule has 0 aromatic rings. The van der Waals surface area contributed by atoms with Crippen LogP contribution in [0.2, 0.25) is 0 Å². The Morgan fingerprint density at radius 3 is 2.81 bits per heavy atom. The molecule has 2 aliphatic rings. The van der Waals surface area contributed by atoms with Crippen molar-refractivity contribution >= 4 is 0 Å². The van der Waals surface area contributed by atoms with E-state index >= 15 is 0 Å². The Morgan fingerprint density at radius 2 is 2.00 bits per heavy atom. The van der Waals surface area contributed by atoms with Crippen LogP contribution in [-0.2, 0) is 0 Å². The van der Waals surface area contributed by atoms with E-state index in [2.05, 4.69) is 16.8 Å². The Bertz CT molecular complexity index is 235. The van der Waals surface area contributed by atoms with E-state index in [1.165, 1.54) is 50.6 Å². The molecule has 92 valence electrons. The molecule has 0 bridgehead atoms. The molecule has 1 saturated heterocycles. The largest absolute Gasteiger partial charge is 0.316 e. The van der Waals surface area contributed by atoms with E-state index in [-0.39, 0.29) is 0 Å². The molecule has 1 aliphatic heterocycles. The van der Waals surface area contributed by atoms with Crippen LogP contribution in [0.25, 0.3) is 0 Å². The Labute approximate surface area is 100 Å². The first kappa shape index (κ1) is 12.1. The second-order valence-electron chi connectivity index (χ2n) is 5.50. The first-order valence-electron chi connectivity index (χ1n) is 6.86. The predicted octanol–water partition coefficient (Wildman–Crippen LogP) is 2.42. The first-order chi connectivity index (χ1) is 7.81. The van der Waals surface area contributed by atoms with Crippen LogP contribution in [0.5, 0.6) is 0 Å². The minimum Gasteiger partial charge on any atom is -0.316 e. The first-order valence-corrected chi connectivity index (χ1v) is 6.86. The van der Waals surface area contributed by atoms with Crippen molar-refractivity contribution in [2.45, 2.75) is 44.6 Å². The van der Waals surface area contributed by atoms with Gasteiger partial charge in [-0.3, -0.25) is 4.90 Å². The second kappa shape index (κ2) is 5.83. The van der Waals surface area contributed by atoms with E-state index in [1.807, 2.05) is 7.05 Å². The number of likely N-dealkylation sites (tertiary alicyclic amines) is 1.